The predicted octanol–water partition coefficient (Wildman–Crippen LogP) is 2.77. The van der Waals surface area contributed by atoms with E-state index in [0.29, 0.717) is 27.9 Å². The number of amides is 1. The van der Waals surface area contributed by atoms with Crippen LogP contribution < -0.4 is 10.9 Å². The fourth-order valence-electron chi connectivity index (χ4n) is 2.14. The Bertz CT molecular complexity index is 950. The first-order valence-corrected chi connectivity index (χ1v) is 8.53. The monoisotopic (exact) mass is 356 g/mol. The van der Waals surface area contributed by atoms with Gasteiger partial charge in [0.15, 0.2) is 5.16 Å². The van der Waals surface area contributed by atoms with E-state index in [1.165, 1.54) is 0 Å². The first kappa shape index (κ1) is 17.0. The molecule has 128 valence electrons. The number of nitrogens with one attached hydrogen (secondary N) is 2. The maximum Gasteiger partial charge on any atom is 0.254 e. The van der Waals surface area contributed by atoms with Crippen LogP contribution in [-0.2, 0) is 4.79 Å². The number of benzene rings is 1. The van der Waals surface area contributed by atoms with Gasteiger partial charge < -0.3 is 9.51 Å². The average Bonchev–Trinajstić information content (AvgIpc) is 3.06. The maximum atomic E-state index is 12.2. The van der Waals surface area contributed by atoms with Gasteiger partial charge in [-0.25, -0.2) is 4.98 Å². The van der Waals surface area contributed by atoms with Crippen LogP contribution in [0.4, 0.5) is 5.88 Å². The summed E-state index contributed by atoms with van der Waals surface area (Å²) in [7, 11) is 0. The molecule has 0 aliphatic rings. The van der Waals surface area contributed by atoms with Crippen molar-refractivity contribution in [3.8, 4) is 11.1 Å². The van der Waals surface area contributed by atoms with Crippen molar-refractivity contribution in [1.82, 2.24) is 15.1 Å². The van der Waals surface area contributed by atoms with Gasteiger partial charge in [-0.15, -0.1) is 0 Å². The van der Waals surface area contributed by atoms with E-state index in [2.05, 4.69) is 20.4 Å². The molecule has 2 heterocycles. The van der Waals surface area contributed by atoms with Gasteiger partial charge in [0.05, 0.1) is 17.5 Å². The van der Waals surface area contributed by atoms with Crippen molar-refractivity contribution in [2.75, 3.05) is 11.1 Å². The van der Waals surface area contributed by atoms with Gasteiger partial charge >= 0.3 is 0 Å². The van der Waals surface area contributed by atoms with Crippen LogP contribution in [0.1, 0.15) is 11.3 Å². The van der Waals surface area contributed by atoms with Crippen molar-refractivity contribution in [2.45, 2.75) is 19.0 Å². The number of hydrogen-bond donors (Lipinski definition) is 2. The quantitative estimate of drug-likeness (QED) is 0.538. The van der Waals surface area contributed by atoms with Crippen molar-refractivity contribution in [3.63, 3.8) is 0 Å². The van der Waals surface area contributed by atoms with E-state index in [9.17, 15) is 9.59 Å². The minimum absolute atomic E-state index is 0.0837. The SMILES string of the molecule is Cc1nc(SCC(=O)Nc2oncc2-c2ccccc2)[nH]c(=O)c1C. The number of rotatable bonds is 5. The smallest absolute Gasteiger partial charge is 0.254 e. The fourth-order valence-corrected chi connectivity index (χ4v) is 2.84. The summed E-state index contributed by atoms with van der Waals surface area (Å²) in [4.78, 5) is 30.8. The van der Waals surface area contributed by atoms with Gasteiger partial charge in [0.25, 0.3) is 5.56 Å². The average molecular weight is 356 g/mol. The summed E-state index contributed by atoms with van der Waals surface area (Å²) in [5, 5.41) is 6.84. The van der Waals surface area contributed by atoms with E-state index in [4.69, 9.17) is 4.52 Å². The Morgan fingerprint density at radius 3 is 2.76 bits per heavy atom. The summed E-state index contributed by atoms with van der Waals surface area (Å²) < 4.78 is 5.13. The molecule has 0 fully saturated rings. The van der Waals surface area contributed by atoms with Crippen molar-refractivity contribution < 1.29 is 9.32 Å². The van der Waals surface area contributed by atoms with Crippen LogP contribution in [0.3, 0.4) is 0 Å². The molecule has 0 saturated carbocycles. The highest BCUT2D eigenvalue weighted by Gasteiger charge is 2.14. The number of anilines is 1. The highest BCUT2D eigenvalue weighted by molar-refractivity contribution is 7.99. The van der Waals surface area contributed by atoms with Gasteiger partial charge in [0.1, 0.15) is 0 Å². The molecule has 2 N–H and O–H groups in total. The van der Waals surface area contributed by atoms with Crippen LogP contribution in [-0.4, -0.2) is 26.8 Å². The minimum atomic E-state index is -0.278. The molecule has 0 aliphatic heterocycles. The lowest BCUT2D eigenvalue weighted by Gasteiger charge is -2.05. The first-order valence-electron chi connectivity index (χ1n) is 7.55. The van der Waals surface area contributed by atoms with Gasteiger partial charge in [0.2, 0.25) is 11.8 Å². The van der Waals surface area contributed by atoms with Gasteiger partial charge in [-0.2, -0.15) is 0 Å². The lowest BCUT2D eigenvalue weighted by Crippen LogP contribution is -2.17. The van der Waals surface area contributed by atoms with E-state index in [1.54, 1.807) is 20.0 Å². The van der Waals surface area contributed by atoms with Crippen molar-refractivity contribution in [2.24, 2.45) is 0 Å². The topological polar surface area (TPSA) is 101 Å². The van der Waals surface area contributed by atoms with Gasteiger partial charge in [-0.3, -0.25) is 14.9 Å². The van der Waals surface area contributed by atoms with Crippen LogP contribution in [0.25, 0.3) is 11.1 Å². The summed E-state index contributed by atoms with van der Waals surface area (Å²) in [5.41, 5.74) is 2.62. The van der Waals surface area contributed by atoms with Gasteiger partial charge in [-0.05, 0) is 19.4 Å². The number of aromatic amines is 1. The van der Waals surface area contributed by atoms with Crippen molar-refractivity contribution >= 4 is 23.6 Å². The molecule has 3 aromatic rings. The normalized spacial score (nSPS) is 10.6. The Balaban J connectivity index is 1.66. The number of hydrogen-bond acceptors (Lipinski definition) is 6. The number of nitrogens with zero attached hydrogens (tertiary/aromatic N) is 2. The van der Waals surface area contributed by atoms with Crippen molar-refractivity contribution in [1.29, 1.82) is 0 Å². The molecular weight excluding hydrogens is 340 g/mol. The van der Waals surface area contributed by atoms with Crippen LogP contribution >= 0.6 is 11.8 Å². The summed E-state index contributed by atoms with van der Waals surface area (Å²) in [5.74, 6) is 0.0959. The lowest BCUT2D eigenvalue weighted by atomic mass is 10.1. The second-order valence-corrected chi connectivity index (χ2v) is 6.32. The Labute approximate surface area is 147 Å². The Morgan fingerprint density at radius 2 is 2.04 bits per heavy atom. The molecule has 0 aliphatic carbocycles. The van der Waals surface area contributed by atoms with E-state index in [-0.39, 0.29) is 17.2 Å². The predicted molar refractivity (Wildman–Crippen MR) is 95.6 cm³/mol. The third-order valence-electron chi connectivity index (χ3n) is 3.62. The number of aromatic nitrogens is 3. The standard InChI is InChI=1S/C17H16N4O3S/c1-10-11(2)19-17(21-15(10)23)25-9-14(22)20-16-13(8-18-24-16)12-6-4-3-5-7-12/h3-8H,9H2,1-2H3,(H,20,22)(H,19,21,23). The van der Waals surface area contributed by atoms with Crippen LogP contribution in [0.2, 0.25) is 0 Å². The van der Waals surface area contributed by atoms with Crippen LogP contribution in [0, 0.1) is 13.8 Å². The molecule has 0 saturated heterocycles. The molecule has 25 heavy (non-hydrogen) atoms. The summed E-state index contributed by atoms with van der Waals surface area (Å²) in [6.07, 6.45) is 1.56. The number of carbonyl (C=O) groups excluding carboxylic acids is 1. The van der Waals surface area contributed by atoms with E-state index >= 15 is 0 Å². The van der Waals surface area contributed by atoms with Crippen LogP contribution in [0.15, 0.2) is 51.0 Å². The molecule has 0 unspecified atom stereocenters. The summed E-state index contributed by atoms with van der Waals surface area (Å²) >= 11 is 1.15. The van der Waals surface area contributed by atoms with E-state index in [1.807, 2.05) is 30.3 Å². The number of H-pyrrole nitrogens is 1. The van der Waals surface area contributed by atoms with Gasteiger partial charge in [-0.1, -0.05) is 47.3 Å². The number of aryl methyl sites for hydroxylation is 1. The molecule has 1 aromatic carbocycles. The van der Waals surface area contributed by atoms with Crippen LogP contribution in [0.5, 0.6) is 0 Å². The first-order chi connectivity index (χ1) is 12.0. The highest BCUT2D eigenvalue weighted by Crippen LogP contribution is 2.27. The molecule has 2 aromatic heterocycles. The molecule has 1 amide bonds. The maximum absolute atomic E-state index is 12.2. The molecular formula is C17H16N4O3S. The van der Waals surface area contributed by atoms with E-state index in [0.717, 1.165) is 17.3 Å². The summed E-state index contributed by atoms with van der Waals surface area (Å²) in [6.45, 7) is 3.46. The second-order valence-electron chi connectivity index (χ2n) is 5.35. The molecule has 0 bridgehead atoms. The number of thioether (sulfide) groups is 1. The molecule has 7 nitrogen and oxygen atoms in total. The zero-order valence-corrected chi connectivity index (χ0v) is 14.5. The number of carbonyl (C=O) groups is 1. The second kappa shape index (κ2) is 7.35. The minimum Gasteiger partial charge on any atom is -0.338 e. The largest absolute Gasteiger partial charge is 0.338 e. The Hall–Kier alpha value is -2.87. The molecule has 0 atom stereocenters. The van der Waals surface area contributed by atoms with Crippen molar-refractivity contribution in [3.05, 3.63) is 58.1 Å². The fraction of sp³-hybridized carbons (Fsp3) is 0.176. The Morgan fingerprint density at radius 1 is 1.28 bits per heavy atom. The third kappa shape index (κ3) is 3.97. The molecule has 8 heteroatoms. The molecule has 0 radical (unpaired) electrons. The van der Waals surface area contributed by atoms with Gasteiger partial charge in [0, 0.05) is 11.3 Å². The summed E-state index contributed by atoms with van der Waals surface area (Å²) in [6, 6.07) is 9.50. The lowest BCUT2D eigenvalue weighted by molar-refractivity contribution is -0.113. The Kier molecular flexibility index (Phi) is 4.99. The third-order valence-corrected chi connectivity index (χ3v) is 4.49. The zero-order chi connectivity index (χ0) is 17.8. The van der Waals surface area contributed by atoms with E-state index < -0.39 is 0 Å². The molecule has 3 rings (SSSR count). The zero-order valence-electron chi connectivity index (χ0n) is 13.7. The highest BCUT2D eigenvalue weighted by atomic mass is 32.2. The molecule has 0 spiro atoms.